The highest BCUT2D eigenvalue weighted by molar-refractivity contribution is 6.29. The van der Waals surface area contributed by atoms with Gasteiger partial charge in [0, 0.05) is 44.8 Å². The molecule has 0 fully saturated rings. The van der Waals surface area contributed by atoms with Gasteiger partial charge in [0.25, 0.3) is 5.91 Å². The van der Waals surface area contributed by atoms with Crippen molar-refractivity contribution in [1.29, 1.82) is 0 Å². The molecule has 3 aromatic rings. The topological polar surface area (TPSA) is 114 Å². The summed E-state index contributed by atoms with van der Waals surface area (Å²) in [6.07, 6.45) is 3.00. The first-order chi connectivity index (χ1) is 15.5. The number of amides is 2. The quantitative estimate of drug-likeness (QED) is 0.448. The number of methoxy groups -OCH3 is 1. The van der Waals surface area contributed by atoms with Crippen LogP contribution in [0.25, 0.3) is 11.0 Å². The van der Waals surface area contributed by atoms with E-state index in [0.29, 0.717) is 41.8 Å². The smallest absolute Gasteiger partial charge is 0.261 e. The van der Waals surface area contributed by atoms with Crippen LogP contribution in [0.4, 0.5) is 17.6 Å². The maximum Gasteiger partial charge on any atom is 0.261 e. The lowest BCUT2D eigenvalue weighted by Crippen LogP contribution is -2.24. The second-order valence-corrected chi connectivity index (χ2v) is 7.13. The van der Waals surface area contributed by atoms with Crippen molar-refractivity contribution in [3.8, 4) is 0 Å². The molecule has 10 nitrogen and oxygen atoms in total. The molecule has 0 unspecified atom stereocenters. The van der Waals surface area contributed by atoms with Gasteiger partial charge in [-0.25, -0.2) is 15.0 Å². The summed E-state index contributed by atoms with van der Waals surface area (Å²) in [4.78, 5) is 39.6. The van der Waals surface area contributed by atoms with Crippen molar-refractivity contribution in [1.82, 2.24) is 19.5 Å². The minimum atomic E-state index is -0.374. The number of nitrogens with zero attached hydrogens (tertiary/aromatic N) is 5. The van der Waals surface area contributed by atoms with Crippen molar-refractivity contribution >= 4 is 52.0 Å². The number of ether oxygens (including phenoxy) is 1. The molecule has 1 aromatic carbocycles. The van der Waals surface area contributed by atoms with Gasteiger partial charge in [-0.2, -0.15) is 0 Å². The minimum absolute atomic E-state index is 0.141. The summed E-state index contributed by atoms with van der Waals surface area (Å²) < 4.78 is 7.02. The molecular weight excluding hydrogens is 434 g/mol. The number of nitrogens with one attached hydrogen (secondary N) is 2. The van der Waals surface area contributed by atoms with Crippen LogP contribution in [0.2, 0.25) is 0 Å². The Bertz CT molecular complexity index is 1080. The number of aromatic nitrogens is 4. The lowest BCUT2D eigenvalue weighted by molar-refractivity contribution is -0.113. The van der Waals surface area contributed by atoms with Gasteiger partial charge in [-0.1, -0.05) is 0 Å². The van der Waals surface area contributed by atoms with E-state index in [-0.39, 0.29) is 17.7 Å². The zero-order valence-corrected chi connectivity index (χ0v) is 19.0. The van der Waals surface area contributed by atoms with E-state index in [4.69, 9.17) is 16.3 Å². The molecule has 2 amide bonds. The molecule has 2 N–H and O–H groups in total. The molecule has 0 atom stereocenters. The maximum atomic E-state index is 12.8. The number of hydrogen-bond donors (Lipinski definition) is 2. The number of rotatable bonds is 10. The maximum absolute atomic E-state index is 12.8. The molecule has 0 aliphatic carbocycles. The van der Waals surface area contributed by atoms with Crippen LogP contribution in [-0.2, 0) is 16.1 Å². The Morgan fingerprint density at radius 1 is 1.16 bits per heavy atom. The number of benzene rings is 1. The number of imidazole rings is 1. The average Bonchev–Trinajstić information content (AvgIpc) is 3.14. The summed E-state index contributed by atoms with van der Waals surface area (Å²) in [5, 5.41) is 5.54. The van der Waals surface area contributed by atoms with Gasteiger partial charge < -0.3 is 19.5 Å². The molecule has 3 rings (SSSR count). The van der Waals surface area contributed by atoms with Gasteiger partial charge in [0.05, 0.1) is 23.2 Å². The fraction of sp³-hybridized carbons (Fsp3) is 0.381. The number of fused-ring (bicyclic) bond motifs is 1. The molecule has 0 aliphatic heterocycles. The molecule has 32 heavy (non-hydrogen) atoms. The highest BCUT2D eigenvalue weighted by Gasteiger charge is 2.16. The average molecular weight is 460 g/mol. The number of alkyl halides is 1. The Morgan fingerprint density at radius 2 is 1.88 bits per heavy atom. The van der Waals surface area contributed by atoms with Crippen LogP contribution in [-0.4, -0.2) is 64.0 Å². The number of carbonyl (C=O) groups excluding carboxylic acids is 2. The fourth-order valence-electron chi connectivity index (χ4n) is 3.18. The van der Waals surface area contributed by atoms with Crippen molar-refractivity contribution in [2.24, 2.45) is 0 Å². The Hall–Kier alpha value is -3.24. The molecule has 0 bridgehead atoms. The fourth-order valence-corrected chi connectivity index (χ4v) is 3.25. The van der Waals surface area contributed by atoms with E-state index in [1.165, 1.54) is 12.4 Å². The zero-order valence-electron chi connectivity index (χ0n) is 18.3. The lowest BCUT2D eigenvalue weighted by atomic mass is 10.2. The second-order valence-electron chi connectivity index (χ2n) is 6.86. The van der Waals surface area contributed by atoms with Crippen molar-refractivity contribution in [2.75, 3.05) is 48.2 Å². The molecule has 0 spiro atoms. The zero-order chi connectivity index (χ0) is 23.1. The van der Waals surface area contributed by atoms with Crippen LogP contribution in [0, 0.1) is 0 Å². The molecule has 0 saturated heterocycles. The lowest BCUT2D eigenvalue weighted by Gasteiger charge is -2.18. The SMILES string of the molecule is CCN(CC)c1ncc(C(=O)Nc2nc3ccc(NC(=O)CCl)cc3n2CCOC)cn1. The van der Waals surface area contributed by atoms with E-state index < -0.39 is 0 Å². The monoisotopic (exact) mass is 459 g/mol. The van der Waals surface area contributed by atoms with Gasteiger partial charge in [0.1, 0.15) is 5.88 Å². The van der Waals surface area contributed by atoms with Crippen LogP contribution < -0.4 is 15.5 Å². The van der Waals surface area contributed by atoms with Crippen LogP contribution in [0.15, 0.2) is 30.6 Å². The molecule has 2 heterocycles. The predicted molar refractivity (Wildman–Crippen MR) is 125 cm³/mol. The minimum Gasteiger partial charge on any atom is -0.383 e. The second kappa shape index (κ2) is 10.9. The highest BCUT2D eigenvalue weighted by Crippen LogP contribution is 2.24. The van der Waals surface area contributed by atoms with Crippen molar-refractivity contribution in [3.63, 3.8) is 0 Å². The van der Waals surface area contributed by atoms with Crippen molar-refractivity contribution < 1.29 is 14.3 Å². The van der Waals surface area contributed by atoms with E-state index in [1.54, 1.807) is 25.3 Å². The molecular formula is C21H26ClN7O3. The third-order valence-electron chi connectivity index (χ3n) is 4.84. The van der Waals surface area contributed by atoms with Gasteiger partial charge in [-0.3, -0.25) is 14.9 Å². The summed E-state index contributed by atoms with van der Waals surface area (Å²) in [5.74, 6) is 0.106. The third kappa shape index (κ3) is 5.32. The molecule has 0 aliphatic rings. The first-order valence-corrected chi connectivity index (χ1v) is 10.8. The van der Waals surface area contributed by atoms with E-state index in [2.05, 4.69) is 25.6 Å². The summed E-state index contributed by atoms with van der Waals surface area (Å²) in [6.45, 7) is 6.45. The Kier molecular flexibility index (Phi) is 7.96. The highest BCUT2D eigenvalue weighted by atomic mass is 35.5. The molecule has 2 aromatic heterocycles. The standard InChI is InChI=1S/C21H26ClN7O3/c1-4-28(5-2)20-23-12-14(13-24-20)19(31)27-21-26-16-7-6-15(25-18(30)11-22)10-17(16)29(21)8-9-32-3/h6-7,10,12-13H,4-5,8-9,11H2,1-3H3,(H,25,30)(H,26,27,31). The van der Waals surface area contributed by atoms with E-state index in [0.717, 1.165) is 18.6 Å². The van der Waals surface area contributed by atoms with Gasteiger partial charge in [-0.05, 0) is 32.0 Å². The predicted octanol–water partition coefficient (Wildman–Crippen LogP) is 2.75. The van der Waals surface area contributed by atoms with Crippen LogP contribution in [0.5, 0.6) is 0 Å². The van der Waals surface area contributed by atoms with Crippen molar-refractivity contribution in [3.05, 3.63) is 36.2 Å². The molecule has 0 radical (unpaired) electrons. The summed E-state index contributed by atoms with van der Waals surface area (Å²) in [5.41, 5.74) is 2.30. The Morgan fingerprint density at radius 3 is 2.50 bits per heavy atom. The number of anilines is 3. The van der Waals surface area contributed by atoms with Gasteiger partial charge in [0.15, 0.2) is 0 Å². The summed E-state index contributed by atoms with van der Waals surface area (Å²) in [7, 11) is 1.60. The van der Waals surface area contributed by atoms with Crippen LogP contribution in [0.1, 0.15) is 24.2 Å². The van der Waals surface area contributed by atoms with Gasteiger partial charge in [0.2, 0.25) is 17.8 Å². The first-order valence-electron chi connectivity index (χ1n) is 10.2. The van der Waals surface area contributed by atoms with Crippen molar-refractivity contribution in [2.45, 2.75) is 20.4 Å². The van der Waals surface area contributed by atoms with E-state index >= 15 is 0 Å². The van der Waals surface area contributed by atoms with E-state index in [9.17, 15) is 9.59 Å². The first kappa shape index (κ1) is 23.4. The molecule has 0 saturated carbocycles. The van der Waals surface area contributed by atoms with E-state index in [1.807, 2.05) is 23.3 Å². The Labute approximate surface area is 190 Å². The molecule has 11 heteroatoms. The summed E-state index contributed by atoms with van der Waals surface area (Å²) in [6, 6.07) is 5.27. The summed E-state index contributed by atoms with van der Waals surface area (Å²) >= 11 is 5.58. The largest absolute Gasteiger partial charge is 0.383 e. The van der Waals surface area contributed by atoms with Gasteiger partial charge in [-0.15, -0.1) is 11.6 Å². The number of carbonyl (C=O) groups is 2. The van der Waals surface area contributed by atoms with Gasteiger partial charge >= 0.3 is 0 Å². The van der Waals surface area contributed by atoms with Crippen LogP contribution >= 0.6 is 11.6 Å². The number of halogens is 1. The third-order valence-corrected chi connectivity index (χ3v) is 5.09. The molecule has 170 valence electrons. The van der Waals surface area contributed by atoms with Crippen LogP contribution in [0.3, 0.4) is 0 Å². The Balaban J connectivity index is 1.88. The normalized spacial score (nSPS) is 10.9. The number of hydrogen-bond acceptors (Lipinski definition) is 7.